The fourth-order valence-electron chi connectivity index (χ4n) is 1.86. The predicted octanol–water partition coefficient (Wildman–Crippen LogP) is 3.76. The van der Waals surface area contributed by atoms with Crippen LogP contribution in [0.25, 0.3) is 0 Å². The van der Waals surface area contributed by atoms with Gasteiger partial charge in [-0.3, -0.25) is 0 Å². The monoisotopic (exact) mass is 284 g/mol. The molecule has 1 aromatic heterocycles. The zero-order valence-electron chi connectivity index (χ0n) is 13.1. The van der Waals surface area contributed by atoms with Gasteiger partial charge in [-0.15, -0.1) is 11.3 Å². The SMILES string of the molecule is CCC(C)C(NCCOC)c1nc(C(C)(C)C)cs1. The average Bonchev–Trinajstić information content (AvgIpc) is 2.83. The van der Waals surface area contributed by atoms with E-state index in [0.717, 1.165) is 19.6 Å². The standard InChI is InChI=1S/C15H28N2OS/c1-7-11(2)13(16-8-9-18-6)14-17-12(10-19-14)15(3,4)5/h10-11,13,16H,7-9H2,1-6H3. The first-order valence-electron chi connectivity index (χ1n) is 7.08. The predicted molar refractivity (Wildman–Crippen MR) is 82.9 cm³/mol. The van der Waals surface area contributed by atoms with Gasteiger partial charge in [0.25, 0.3) is 0 Å². The smallest absolute Gasteiger partial charge is 0.110 e. The molecule has 0 aliphatic carbocycles. The molecule has 4 heteroatoms. The molecule has 1 N–H and O–H groups in total. The van der Waals surface area contributed by atoms with Crippen LogP contribution < -0.4 is 5.32 Å². The number of thiazole rings is 1. The minimum atomic E-state index is 0.126. The van der Waals surface area contributed by atoms with Crippen molar-refractivity contribution in [3.63, 3.8) is 0 Å². The molecule has 0 amide bonds. The quantitative estimate of drug-likeness (QED) is 0.774. The normalized spacial score (nSPS) is 15.5. The highest BCUT2D eigenvalue weighted by molar-refractivity contribution is 7.09. The van der Waals surface area contributed by atoms with Crippen LogP contribution in [0.15, 0.2) is 5.38 Å². The Hall–Kier alpha value is -0.450. The highest BCUT2D eigenvalue weighted by Crippen LogP contribution is 2.31. The number of rotatable bonds is 7. The average molecular weight is 284 g/mol. The molecule has 0 aliphatic heterocycles. The van der Waals surface area contributed by atoms with Crippen molar-refractivity contribution in [3.8, 4) is 0 Å². The minimum Gasteiger partial charge on any atom is -0.383 e. The highest BCUT2D eigenvalue weighted by Gasteiger charge is 2.24. The fraction of sp³-hybridized carbons (Fsp3) is 0.800. The molecular weight excluding hydrogens is 256 g/mol. The minimum absolute atomic E-state index is 0.126. The van der Waals surface area contributed by atoms with Gasteiger partial charge in [0.2, 0.25) is 0 Å². The van der Waals surface area contributed by atoms with Crippen LogP contribution in [-0.2, 0) is 10.2 Å². The summed E-state index contributed by atoms with van der Waals surface area (Å²) in [7, 11) is 1.74. The molecule has 0 spiro atoms. The number of ether oxygens (including phenoxy) is 1. The largest absolute Gasteiger partial charge is 0.383 e. The van der Waals surface area contributed by atoms with E-state index in [-0.39, 0.29) is 5.41 Å². The Bertz CT molecular complexity index is 370. The second-order valence-corrected chi connectivity index (χ2v) is 7.02. The lowest BCUT2D eigenvalue weighted by molar-refractivity contribution is 0.191. The molecule has 1 aromatic rings. The van der Waals surface area contributed by atoms with Gasteiger partial charge in [-0.05, 0) is 5.92 Å². The second-order valence-electron chi connectivity index (χ2n) is 6.13. The van der Waals surface area contributed by atoms with E-state index in [1.165, 1.54) is 10.7 Å². The van der Waals surface area contributed by atoms with Crippen LogP contribution in [0.5, 0.6) is 0 Å². The summed E-state index contributed by atoms with van der Waals surface area (Å²) in [5.74, 6) is 0.579. The maximum absolute atomic E-state index is 5.12. The molecule has 2 unspecified atom stereocenters. The summed E-state index contributed by atoms with van der Waals surface area (Å²) in [5, 5.41) is 6.98. The van der Waals surface area contributed by atoms with Crippen LogP contribution in [0.4, 0.5) is 0 Å². The van der Waals surface area contributed by atoms with E-state index >= 15 is 0 Å². The summed E-state index contributed by atoms with van der Waals surface area (Å²) in [6, 6.07) is 0.334. The Morgan fingerprint density at radius 1 is 1.42 bits per heavy atom. The molecule has 3 nitrogen and oxygen atoms in total. The lowest BCUT2D eigenvalue weighted by Gasteiger charge is -2.22. The first kappa shape index (κ1) is 16.6. The van der Waals surface area contributed by atoms with Crippen molar-refractivity contribution in [1.29, 1.82) is 0 Å². The third-order valence-corrected chi connectivity index (χ3v) is 4.37. The van der Waals surface area contributed by atoms with Crippen molar-refractivity contribution < 1.29 is 4.74 Å². The lowest BCUT2D eigenvalue weighted by atomic mass is 9.93. The van der Waals surface area contributed by atoms with E-state index < -0.39 is 0 Å². The van der Waals surface area contributed by atoms with Crippen molar-refractivity contribution in [1.82, 2.24) is 10.3 Å². The van der Waals surface area contributed by atoms with Gasteiger partial charge in [0, 0.05) is 24.4 Å². The number of hydrogen-bond donors (Lipinski definition) is 1. The Balaban J connectivity index is 2.82. The Labute approximate surface area is 121 Å². The van der Waals surface area contributed by atoms with E-state index in [2.05, 4.69) is 45.3 Å². The number of nitrogens with one attached hydrogen (secondary N) is 1. The molecule has 19 heavy (non-hydrogen) atoms. The third kappa shape index (κ3) is 4.86. The molecule has 0 saturated carbocycles. The van der Waals surface area contributed by atoms with Crippen LogP contribution in [0.3, 0.4) is 0 Å². The first-order valence-corrected chi connectivity index (χ1v) is 7.96. The van der Waals surface area contributed by atoms with Crippen molar-refractivity contribution in [2.24, 2.45) is 5.92 Å². The van der Waals surface area contributed by atoms with E-state index in [9.17, 15) is 0 Å². The van der Waals surface area contributed by atoms with Crippen molar-refractivity contribution in [3.05, 3.63) is 16.1 Å². The lowest BCUT2D eigenvalue weighted by Crippen LogP contribution is -2.29. The van der Waals surface area contributed by atoms with Crippen molar-refractivity contribution >= 4 is 11.3 Å². The summed E-state index contributed by atoms with van der Waals surface area (Å²) in [6.45, 7) is 12.8. The maximum Gasteiger partial charge on any atom is 0.110 e. The molecule has 0 aliphatic rings. The summed E-state index contributed by atoms with van der Waals surface area (Å²) in [6.07, 6.45) is 1.15. The molecule has 1 rings (SSSR count). The fourth-order valence-corrected chi connectivity index (χ4v) is 3.11. The molecule has 1 heterocycles. The van der Waals surface area contributed by atoms with Gasteiger partial charge >= 0.3 is 0 Å². The Morgan fingerprint density at radius 3 is 2.58 bits per heavy atom. The van der Waals surface area contributed by atoms with Gasteiger partial charge in [0.1, 0.15) is 5.01 Å². The summed E-state index contributed by atoms with van der Waals surface area (Å²) in [4.78, 5) is 4.84. The van der Waals surface area contributed by atoms with Crippen molar-refractivity contribution in [2.75, 3.05) is 20.3 Å². The third-order valence-electron chi connectivity index (χ3n) is 3.44. The number of hydrogen-bond acceptors (Lipinski definition) is 4. The maximum atomic E-state index is 5.12. The van der Waals surface area contributed by atoms with E-state index in [4.69, 9.17) is 9.72 Å². The molecule has 2 atom stereocenters. The molecule has 0 bridgehead atoms. The van der Waals surface area contributed by atoms with E-state index in [1.54, 1.807) is 18.4 Å². The van der Waals surface area contributed by atoms with Crippen LogP contribution >= 0.6 is 11.3 Å². The summed E-state index contributed by atoms with van der Waals surface area (Å²) < 4.78 is 5.12. The van der Waals surface area contributed by atoms with Crippen LogP contribution in [0.1, 0.15) is 57.8 Å². The van der Waals surface area contributed by atoms with Gasteiger partial charge in [0.05, 0.1) is 18.3 Å². The van der Waals surface area contributed by atoms with E-state index in [1.807, 2.05) is 0 Å². The zero-order chi connectivity index (χ0) is 14.5. The van der Waals surface area contributed by atoms with Gasteiger partial charge in [0.15, 0.2) is 0 Å². The molecule has 0 saturated heterocycles. The van der Waals surface area contributed by atoms with Gasteiger partial charge in [-0.25, -0.2) is 4.98 Å². The topological polar surface area (TPSA) is 34.1 Å². The first-order chi connectivity index (χ1) is 8.90. The second kappa shape index (κ2) is 7.36. The number of nitrogens with zero attached hydrogens (tertiary/aromatic N) is 1. The van der Waals surface area contributed by atoms with Crippen molar-refractivity contribution in [2.45, 2.75) is 52.5 Å². The van der Waals surface area contributed by atoms with Gasteiger partial charge in [-0.2, -0.15) is 0 Å². The number of methoxy groups -OCH3 is 1. The van der Waals surface area contributed by atoms with Crippen LogP contribution in [0.2, 0.25) is 0 Å². The highest BCUT2D eigenvalue weighted by atomic mass is 32.1. The zero-order valence-corrected chi connectivity index (χ0v) is 13.9. The van der Waals surface area contributed by atoms with E-state index in [0.29, 0.717) is 12.0 Å². The van der Waals surface area contributed by atoms with Crippen LogP contribution in [-0.4, -0.2) is 25.2 Å². The van der Waals surface area contributed by atoms with Crippen LogP contribution in [0, 0.1) is 5.92 Å². The Kier molecular flexibility index (Phi) is 6.43. The number of aromatic nitrogens is 1. The van der Waals surface area contributed by atoms with Gasteiger partial charge < -0.3 is 10.1 Å². The molecular formula is C15H28N2OS. The molecule has 0 aromatic carbocycles. The molecule has 0 fully saturated rings. The Morgan fingerprint density at radius 2 is 2.11 bits per heavy atom. The summed E-state index contributed by atoms with van der Waals surface area (Å²) >= 11 is 1.77. The molecule has 0 radical (unpaired) electrons. The molecule has 110 valence electrons. The van der Waals surface area contributed by atoms with Gasteiger partial charge in [-0.1, -0.05) is 41.0 Å². The summed E-state index contributed by atoms with van der Waals surface area (Å²) in [5.41, 5.74) is 1.32.